The number of rotatable bonds is 5. The van der Waals surface area contributed by atoms with Gasteiger partial charge >= 0.3 is 12.5 Å². The van der Waals surface area contributed by atoms with Crippen LogP contribution in [0.4, 0.5) is 32.2 Å². The molecule has 1 aliphatic heterocycles. The first kappa shape index (κ1) is 22.8. The van der Waals surface area contributed by atoms with Crippen LogP contribution < -0.4 is 5.32 Å². The van der Waals surface area contributed by atoms with Crippen LogP contribution in [0.1, 0.15) is 19.5 Å². The Hall–Kier alpha value is -2.90. The first-order chi connectivity index (χ1) is 14.3. The van der Waals surface area contributed by atoms with E-state index in [0.29, 0.717) is 0 Å². The first-order valence-corrected chi connectivity index (χ1v) is 9.01. The predicted octanol–water partition coefficient (Wildman–Crippen LogP) is 2.83. The fourth-order valence-corrected chi connectivity index (χ4v) is 3.13. The molecule has 1 amide bonds. The number of nitrogens with one attached hydrogen (secondary N) is 1. The van der Waals surface area contributed by atoms with E-state index in [1.165, 1.54) is 31.9 Å². The molecule has 3 rings (SSSR count). The summed E-state index contributed by atoms with van der Waals surface area (Å²) in [4.78, 5) is 21.6. The molecular formula is C17H18F6N6O2. The molecule has 2 aromatic rings. The number of anilines is 1. The minimum absolute atomic E-state index is 0.0836. The lowest BCUT2D eigenvalue weighted by molar-refractivity contribution is -0.359. The molecule has 1 N–H and O–H groups in total. The summed E-state index contributed by atoms with van der Waals surface area (Å²) in [7, 11) is 1.33. The van der Waals surface area contributed by atoms with Crippen molar-refractivity contribution in [1.29, 1.82) is 0 Å². The molecule has 14 heteroatoms. The number of hydrogen-bond donors (Lipinski definition) is 1. The van der Waals surface area contributed by atoms with Crippen molar-refractivity contribution in [2.24, 2.45) is 7.05 Å². The Morgan fingerprint density at radius 1 is 1.23 bits per heavy atom. The molecule has 8 nitrogen and oxygen atoms in total. The van der Waals surface area contributed by atoms with Gasteiger partial charge in [0.2, 0.25) is 5.91 Å². The van der Waals surface area contributed by atoms with E-state index in [2.05, 4.69) is 25.1 Å². The highest BCUT2D eigenvalue weighted by molar-refractivity contribution is 5.85. The van der Waals surface area contributed by atoms with E-state index < -0.39 is 42.3 Å². The molecule has 1 unspecified atom stereocenters. The summed E-state index contributed by atoms with van der Waals surface area (Å²) in [5.74, 6) is -0.327. The molecule has 170 valence electrons. The summed E-state index contributed by atoms with van der Waals surface area (Å²) in [6.07, 6.45) is -9.44. The number of hydrogen-bond acceptors (Lipinski definition) is 6. The number of aryl methyl sites for hydroxylation is 1. The molecule has 0 aliphatic carbocycles. The van der Waals surface area contributed by atoms with Crippen molar-refractivity contribution >= 4 is 11.7 Å². The Labute approximate surface area is 172 Å². The Morgan fingerprint density at radius 3 is 2.45 bits per heavy atom. The minimum atomic E-state index is -4.78. The molecule has 1 aliphatic rings. The fraction of sp³-hybridized carbons (Fsp3) is 0.529. The lowest BCUT2D eigenvalue weighted by Crippen LogP contribution is -2.64. The molecule has 31 heavy (non-hydrogen) atoms. The van der Waals surface area contributed by atoms with Crippen LogP contribution in [-0.2, 0) is 22.8 Å². The van der Waals surface area contributed by atoms with Gasteiger partial charge in [0.25, 0.3) is 0 Å². The van der Waals surface area contributed by atoms with Gasteiger partial charge < -0.3 is 10.2 Å². The molecule has 3 heterocycles. The predicted molar refractivity (Wildman–Crippen MR) is 94.4 cm³/mol. The third kappa shape index (κ3) is 5.06. The van der Waals surface area contributed by atoms with Gasteiger partial charge in [0, 0.05) is 19.7 Å². The van der Waals surface area contributed by atoms with Crippen LogP contribution in [0, 0.1) is 0 Å². The highest BCUT2D eigenvalue weighted by Crippen LogP contribution is 2.32. The van der Waals surface area contributed by atoms with E-state index in [1.807, 2.05) is 0 Å². The maximum absolute atomic E-state index is 12.9. The number of aromatic nitrogens is 4. The largest absolute Gasteiger partial charge is 0.522 e. The molecule has 0 saturated carbocycles. The van der Waals surface area contributed by atoms with E-state index in [0.717, 1.165) is 17.1 Å². The summed E-state index contributed by atoms with van der Waals surface area (Å²) in [5.41, 5.74) is -0.858. The number of nitrogens with zero attached hydrogens (tertiary/aromatic N) is 5. The van der Waals surface area contributed by atoms with Crippen molar-refractivity contribution in [3.63, 3.8) is 0 Å². The lowest BCUT2D eigenvalue weighted by Gasteiger charge is -2.46. The first-order valence-electron chi connectivity index (χ1n) is 9.01. The monoisotopic (exact) mass is 452 g/mol. The second-order valence-corrected chi connectivity index (χ2v) is 7.02. The maximum atomic E-state index is 12.9. The molecule has 0 spiro atoms. The Kier molecular flexibility index (Phi) is 5.86. The second-order valence-electron chi connectivity index (χ2n) is 7.02. The van der Waals surface area contributed by atoms with E-state index in [4.69, 9.17) is 0 Å². The smallest absolute Gasteiger partial charge is 0.359 e. The highest BCUT2D eigenvalue weighted by atomic mass is 19.4. The van der Waals surface area contributed by atoms with Crippen LogP contribution in [0.25, 0.3) is 11.4 Å². The third-order valence-corrected chi connectivity index (χ3v) is 4.81. The van der Waals surface area contributed by atoms with Crippen LogP contribution in [0.2, 0.25) is 0 Å². The number of carbonyl (C=O) groups excluding carboxylic acids is 1. The molecule has 0 bridgehead atoms. The SMILES string of the molecule is C[C@@H](Nc1cc(-c2cc(C(F)(F)F)nn2C)ncn1)C(=O)N1CC(OC(F)(F)F)[C@@H]1C. The number of amides is 1. The lowest BCUT2D eigenvalue weighted by atomic mass is 10.00. The molecule has 2 aromatic heterocycles. The molecule has 0 radical (unpaired) electrons. The number of halogens is 6. The van der Waals surface area contributed by atoms with Gasteiger partial charge in [-0.1, -0.05) is 0 Å². The van der Waals surface area contributed by atoms with Gasteiger partial charge in [-0.15, -0.1) is 13.2 Å². The zero-order valence-electron chi connectivity index (χ0n) is 16.5. The van der Waals surface area contributed by atoms with Crippen molar-refractivity contribution in [3.05, 3.63) is 24.2 Å². The normalized spacial score (nSPS) is 20.4. The van der Waals surface area contributed by atoms with Crippen molar-refractivity contribution in [1.82, 2.24) is 24.6 Å². The summed E-state index contributed by atoms with van der Waals surface area (Å²) in [5, 5.41) is 6.20. The summed E-state index contributed by atoms with van der Waals surface area (Å²) in [6.45, 7) is 2.71. The van der Waals surface area contributed by atoms with Crippen molar-refractivity contribution in [2.75, 3.05) is 11.9 Å². The Bertz CT molecular complexity index is 959. The van der Waals surface area contributed by atoms with Gasteiger partial charge in [-0.3, -0.25) is 14.2 Å². The van der Waals surface area contributed by atoms with Crippen LogP contribution in [0.15, 0.2) is 18.5 Å². The topological polar surface area (TPSA) is 85.2 Å². The van der Waals surface area contributed by atoms with Crippen LogP contribution in [-0.4, -0.2) is 61.7 Å². The van der Waals surface area contributed by atoms with Crippen LogP contribution >= 0.6 is 0 Å². The van der Waals surface area contributed by atoms with E-state index >= 15 is 0 Å². The standard InChI is InChI=1S/C17H18F6N6O2/c1-8(15(30)29-6-12(9(29)2)31-17(21,22)23)26-14-4-10(24-7-25-14)11-5-13(16(18,19)20)27-28(11)3/h4-5,7-9,12H,6H2,1-3H3,(H,24,25,26)/t8-,9+,12?/m1/s1. The van der Waals surface area contributed by atoms with Gasteiger partial charge in [0.05, 0.1) is 17.4 Å². The van der Waals surface area contributed by atoms with Crippen molar-refractivity contribution < 1.29 is 35.9 Å². The van der Waals surface area contributed by atoms with E-state index in [9.17, 15) is 31.1 Å². The number of alkyl halides is 6. The molecule has 1 saturated heterocycles. The van der Waals surface area contributed by atoms with Gasteiger partial charge in [0.15, 0.2) is 5.69 Å². The Balaban J connectivity index is 1.68. The van der Waals surface area contributed by atoms with Gasteiger partial charge in [0.1, 0.15) is 24.3 Å². The van der Waals surface area contributed by atoms with Crippen LogP contribution in [0.3, 0.4) is 0 Å². The maximum Gasteiger partial charge on any atom is 0.522 e. The zero-order chi connectivity index (χ0) is 23.1. The van der Waals surface area contributed by atoms with Crippen molar-refractivity contribution in [2.45, 2.75) is 44.6 Å². The molecule has 3 atom stereocenters. The average Bonchev–Trinajstić information content (AvgIpc) is 3.05. The Morgan fingerprint density at radius 2 is 1.90 bits per heavy atom. The number of likely N-dealkylation sites (tertiary alicyclic amines) is 1. The average molecular weight is 452 g/mol. The van der Waals surface area contributed by atoms with E-state index in [1.54, 1.807) is 0 Å². The van der Waals surface area contributed by atoms with E-state index in [-0.39, 0.29) is 23.8 Å². The van der Waals surface area contributed by atoms with Gasteiger partial charge in [-0.25, -0.2) is 9.97 Å². The summed E-state index contributed by atoms with van der Waals surface area (Å²) < 4.78 is 80.5. The minimum Gasteiger partial charge on any atom is -0.359 e. The van der Waals surface area contributed by atoms with Gasteiger partial charge in [-0.05, 0) is 19.9 Å². The molecule has 0 aromatic carbocycles. The quantitative estimate of drug-likeness (QED) is 0.703. The molecule has 1 fully saturated rings. The summed E-state index contributed by atoms with van der Waals surface area (Å²) >= 11 is 0. The number of ether oxygens (including phenoxy) is 1. The summed E-state index contributed by atoms with van der Waals surface area (Å²) in [6, 6.07) is 0.545. The second kappa shape index (κ2) is 7.98. The van der Waals surface area contributed by atoms with Crippen LogP contribution in [0.5, 0.6) is 0 Å². The fourth-order valence-electron chi connectivity index (χ4n) is 3.13. The number of carbonyl (C=O) groups is 1. The highest BCUT2D eigenvalue weighted by Gasteiger charge is 2.46. The van der Waals surface area contributed by atoms with Gasteiger partial charge in [-0.2, -0.15) is 18.3 Å². The van der Waals surface area contributed by atoms with Crippen molar-refractivity contribution in [3.8, 4) is 11.4 Å². The third-order valence-electron chi connectivity index (χ3n) is 4.81. The molecular weight excluding hydrogens is 434 g/mol. The zero-order valence-corrected chi connectivity index (χ0v) is 16.5.